The highest BCUT2D eigenvalue weighted by molar-refractivity contribution is 6.31. The van der Waals surface area contributed by atoms with Gasteiger partial charge in [-0.25, -0.2) is 4.39 Å². The first-order valence-electron chi connectivity index (χ1n) is 5.98. The van der Waals surface area contributed by atoms with Crippen molar-refractivity contribution in [2.45, 2.75) is 12.2 Å². The van der Waals surface area contributed by atoms with Crippen LogP contribution in [-0.2, 0) is 6.18 Å². The fraction of sp³-hybridized carbons (Fsp3) is 0.214. The Labute approximate surface area is 123 Å². The minimum absolute atomic E-state index is 0.303. The summed E-state index contributed by atoms with van der Waals surface area (Å²) in [6.45, 7) is 0. The molecule has 0 fully saturated rings. The molecule has 7 heteroatoms. The normalized spacial score (nSPS) is 13.2. The number of pyridine rings is 1. The van der Waals surface area contributed by atoms with E-state index in [1.165, 1.54) is 24.3 Å². The molecule has 0 spiro atoms. The van der Waals surface area contributed by atoms with Gasteiger partial charge in [-0.2, -0.15) is 13.2 Å². The van der Waals surface area contributed by atoms with Gasteiger partial charge in [0, 0.05) is 11.2 Å². The molecule has 1 atom stereocenters. The van der Waals surface area contributed by atoms with Gasteiger partial charge in [-0.3, -0.25) is 4.98 Å². The van der Waals surface area contributed by atoms with Crippen molar-refractivity contribution in [2.24, 2.45) is 0 Å². The van der Waals surface area contributed by atoms with Crippen LogP contribution in [0.1, 0.15) is 22.9 Å². The number of nitrogens with zero attached hydrogens (tertiary/aromatic N) is 1. The van der Waals surface area contributed by atoms with Gasteiger partial charge >= 0.3 is 6.18 Å². The maximum Gasteiger partial charge on any atom is 0.417 e. The highest BCUT2D eigenvalue weighted by atomic mass is 35.5. The van der Waals surface area contributed by atoms with E-state index in [1.54, 1.807) is 7.05 Å². The molecule has 1 N–H and O–H groups in total. The Balaban J connectivity index is 2.40. The van der Waals surface area contributed by atoms with Crippen LogP contribution >= 0.6 is 11.6 Å². The summed E-state index contributed by atoms with van der Waals surface area (Å²) in [4.78, 5) is 3.80. The summed E-state index contributed by atoms with van der Waals surface area (Å²) < 4.78 is 50.9. The van der Waals surface area contributed by atoms with E-state index < -0.39 is 23.6 Å². The van der Waals surface area contributed by atoms with Gasteiger partial charge in [0.25, 0.3) is 0 Å². The van der Waals surface area contributed by atoms with E-state index in [2.05, 4.69) is 10.3 Å². The average molecular weight is 319 g/mol. The number of benzene rings is 1. The number of nitrogens with one attached hydrogen (secondary N) is 1. The molecule has 0 saturated heterocycles. The van der Waals surface area contributed by atoms with E-state index in [0.717, 1.165) is 12.3 Å². The van der Waals surface area contributed by atoms with Gasteiger partial charge in [0.1, 0.15) is 5.82 Å². The summed E-state index contributed by atoms with van der Waals surface area (Å²) >= 11 is 6.01. The zero-order chi connectivity index (χ0) is 15.6. The van der Waals surface area contributed by atoms with Gasteiger partial charge < -0.3 is 5.32 Å². The molecule has 0 bridgehead atoms. The van der Waals surface area contributed by atoms with Gasteiger partial charge in [0.15, 0.2) is 0 Å². The molecule has 2 aromatic rings. The van der Waals surface area contributed by atoms with Gasteiger partial charge in [0.2, 0.25) is 0 Å². The van der Waals surface area contributed by atoms with Crippen molar-refractivity contribution in [2.75, 3.05) is 7.05 Å². The Kier molecular flexibility index (Phi) is 4.49. The summed E-state index contributed by atoms with van der Waals surface area (Å²) in [5, 5.41) is 3.17. The minimum Gasteiger partial charge on any atom is -0.308 e. The number of halogens is 5. The Morgan fingerprint density at radius 2 is 1.90 bits per heavy atom. The number of hydrogen-bond donors (Lipinski definition) is 1. The fourth-order valence-corrected chi connectivity index (χ4v) is 2.17. The molecular formula is C14H11ClF4N2. The summed E-state index contributed by atoms with van der Waals surface area (Å²) in [5.41, 5.74) is -0.115. The lowest BCUT2D eigenvalue weighted by Crippen LogP contribution is -2.20. The molecule has 0 aliphatic heterocycles. The molecule has 1 unspecified atom stereocenters. The Bertz CT molecular complexity index is 626. The van der Waals surface area contributed by atoms with Gasteiger partial charge in [0.05, 0.1) is 17.3 Å². The number of alkyl halides is 3. The molecule has 0 radical (unpaired) electrons. The van der Waals surface area contributed by atoms with E-state index in [9.17, 15) is 17.6 Å². The maximum absolute atomic E-state index is 13.3. The van der Waals surface area contributed by atoms with Crippen molar-refractivity contribution in [3.63, 3.8) is 0 Å². The number of aromatic nitrogens is 1. The Hall–Kier alpha value is -1.66. The van der Waals surface area contributed by atoms with E-state index in [4.69, 9.17) is 11.6 Å². The monoisotopic (exact) mass is 318 g/mol. The van der Waals surface area contributed by atoms with Crippen LogP contribution in [0, 0.1) is 5.82 Å². The fourth-order valence-electron chi connectivity index (χ4n) is 1.94. The van der Waals surface area contributed by atoms with Gasteiger partial charge in [-0.15, -0.1) is 0 Å². The van der Waals surface area contributed by atoms with Crippen LogP contribution in [0.5, 0.6) is 0 Å². The Morgan fingerprint density at radius 3 is 2.43 bits per heavy atom. The SMILES string of the molecule is CNC(c1ccc(C(F)(F)F)cn1)c1cc(F)ccc1Cl. The van der Waals surface area contributed by atoms with Crippen molar-refractivity contribution >= 4 is 11.6 Å². The van der Waals surface area contributed by atoms with E-state index in [0.29, 0.717) is 16.3 Å². The molecule has 1 aromatic carbocycles. The van der Waals surface area contributed by atoms with E-state index in [1.807, 2.05) is 0 Å². The second kappa shape index (κ2) is 5.99. The molecular weight excluding hydrogens is 308 g/mol. The zero-order valence-electron chi connectivity index (χ0n) is 10.9. The van der Waals surface area contributed by atoms with Crippen LogP contribution < -0.4 is 5.32 Å². The first kappa shape index (κ1) is 15.7. The highest BCUT2D eigenvalue weighted by Crippen LogP contribution is 2.31. The molecule has 0 aliphatic rings. The van der Waals surface area contributed by atoms with Crippen LogP contribution in [0.25, 0.3) is 0 Å². The number of rotatable bonds is 3. The lowest BCUT2D eigenvalue weighted by molar-refractivity contribution is -0.137. The van der Waals surface area contributed by atoms with Crippen LogP contribution in [0.4, 0.5) is 17.6 Å². The highest BCUT2D eigenvalue weighted by Gasteiger charge is 2.31. The molecule has 2 nitrogen and oxygen atoms in total. The third-order valence-corrected chi connectivity index (χ3v) is 3.31. The van der Waals surface area contributed by atoms with Crippen LogP contribution in [0.3, 0.4) is 0 Å². The quantitative estimate of drug-likeness (QED) is 0.858. The standard InChI is InChI=1S/C14H11ClF4N2/c1-20-13(10-6-9(16)3-4-11(10)15)12-5-2-8(7-21-12)14(17,18)19/h2-7,13,20H,1H3. The topological polar surface area (TPSA) is 24.9 Å². The van der Waals surface area contributed by atoms with Crippen molar-refractivity contribution < 1.29 is 17.6 Å². The first-order valence-corrected chi connectivity index (χ1v) is 6.36. The third-order valence-electron chi connectivity index (χ3n) is 2.97. The first-order chi connectivity index (χ1) is 9.82. The molecule has 1 heterocycles. The molecule has 0 amide bonds. The van der Waals surface area contributed by atoms with Crippen molar-refractivity contribution in [3.05, 3.63) is 64.2 Å². The van der Waals surface area contributed by atoms with E-state index in [-0.39, 0.29) is 0 Å². The largest absolute Gasteiger partial charge is 0.417 e. The van der Waals surface area contributed by atoms with Crippen molar-refractivity contribution in [1.82, 2.24) is 10.3 Å². The Morgan fingerprint density at radius 1 is 1.19 bits per heavy atom. The summed E-state index contributed by atoms with van der Waals surface area (Å²) in [6, 6.07) is 5.39. The summed E-state index contributed by atoms with van der Waals surface area (Å²) in [6.07, 6.45) is -3.70. The minimum atomic E-state index is -4.45. The summed E-state index contributed by atoms with van der Waals surface area (Å²) in [7, 11) is 1.59. The van der Waals surface area contributed by atoms with Crippen LogP contribution in [-0.4, -0.2) is 12.0 Å². The zero-order valence-corrected chi connectivity index (χ0v) is 11.6. The lowest BCUT2D eigenvalue weighted by atomic mass is 10.0. The number of hydrogen-bond acceptors (Lipinski definition) is 2. The molecule has 2 rings (SSSR count). The second-order valence-electron chi connectivity index (χ2n) is 4.36. The summed E-state index contributed by atoms with van der Waals surface area (Å²) in [5.74, 6) is -0.485. The molecule has 0 aliphatic carbocycles. The third kappa shape index (κ3) is 3.51. The van der Waals surface area contributed by atoms with Gasteiger partial charge in [-0.1, -0.05) is 11.6 Å². The lowest BCUT2D eigenvalue weighted by Gasteiger charge is -2.18. The predicted molar refractivity (Wildman–Crippen MR) is 71.6 cm³/mol. The van der Waals surface area contributed by atoms with Gasteiger partial charge in [-0.05, 0) is 42.9 Å². The van der Waals surface area contributed by atoms with E-state index >= 15 is 0 Å². The molecule has 1 aromatic heterocycles. The van der Waals surface area contributed by atoms with Crippen molar-refractivity contribution in [3.8, 4) is 0 Å². The van der Waals surface area contributed by atoms with Crippen molar-refractivity contribution in [1.29, 1.82) is 0 Å². The predicted octanol–water partition coefficient (Wildman–Crippen LogP) is 4.20. The maximum atomic E-state index is 13.3. The van der Waals surface area contributed by atoms with Crippen LogP contribution in [0.2, 0.25) is 5.02 Å². The smallest absolute Gasteiger partial charge is 0.308 e. The molecule has 21 heavy (non-hydrogen) atoms. The average Bonchev–Trinajstić information content (AvgIpc) is 2.43. The second-order valence-corrected chi connectivity index (χ2v) is 4.76. The molecule has 112 valence electrons. The van der Waals surface area contributed by atoms with Crippen LogP contribution in [0.15, 0.2) is 36.5 Å². The molecule has 0 saturated carbocycles.